The van der Waals surface area contributed by atoms with E-state index in [4.69, 9.17) is 0 Å². The lowest BCUT2D eigenvalue weighted by atomic mass is 10.1. The van der Waals surface area contributed by atoms with Gasteiger partial charge in [-0.3, -0.25) is 4.79 Å². The molecule has 17 heavy (non-hydrogen) atoms. The Morgan fingerprint density at radius 1 is 1.06 bits per heavy atom. The number of rotatable bonds is 2. The lowest BCUT2D eigenvalue weighted by molar-refractivity contribution is 0.103. The number of hydrogen-bond acceptors (Lipinski definition) is 2. The molecule has 1 N–H and O–H groups in total. The lowest BCUT2D eigenvalue weighted by Gasteiger charge is -2.06. The summed E-state index contributed by atoms with van der Waals surface area (Å²) in [6, 6.07) is 9.76. The fourth-order valence-corrected chi connectivity index (χ4v) is 2.33. The van der Waals surface area contributed by atoms with Crippen LogP contribution in [-0.4, -0.2) is 5.91 Å². The molecule has 3 heteroatoms. The molecule has 1 aromatic heterocycles. The molecule has 1 aromatic carbocycles. The van der Waals surface area contributed by atoms with Crippen LogP contribution < -0.4 is 5.32 Å². The van der Waals surface area contributed by atoms with Gasteiger partial charge in [0, 0.05) is 10.6 Å². The largest absolute Gasteiger partial charge is 0.321 e. The number of nitrogens with one attached hydrogen (secondary N) is 1. The monoisotopic (exact) mass is 245 g/mol. The van der Waals surface area contributed by atoms with Gasteiger partial charge in [-0.15, -0.1) is 11.3 Å². The second-order valence-electron chi connectivity index (χ2n) is 4.16. The van der Waals surface area contributed by atoms with Gasteiger partial charge in [-0.2, -0.15) is 0 Å². The van der Waals surface area contributed by atoms with E-state index in [2.05, 4.69) is 12.2 Å². The van der Waals surface area contributed by atoms with Gasteiger partial charge in [-0.1, -0.05) is 6.07 Å². The SMILES string of the molecule is Cc1ccc(C(=O)Nc2ccc(C)c(C)c2)s1. The first-order valence-corrected chi connectivity index (χ1v) is 6.33. The molecule has 0 atom stereocenters. The summed E-state index contributed by atoms with van der Waals surface area (Å²) < 4.78 is 0. The molecule has 2 aromatic rings. The highest BCUT2D eigenvalue weighted by Crippen LogP contribution is 2.18. The van der Waals surface area contributed by atoms with Crippen LogP contribution in [-0.2, 0) is 0 Å². The molecule has 2 rings (SSSR count). The molecule has 0 saturated heterocycles. The highest BCUT2D eigenvalue weighted by Gasteiger charge is 2.08. The van der Waals surface area contributed by atoms with Gasteiger partial charge in [-0.25, -0.2) is 0 Å². The molecule has 2 nitrogen and oxygen atoms in total. The fourth-order valence-electron chi connectivity index (χ4n) is 1.57. The van der Waals surface area contributed by atoms with Crippen LogP contribution in [0.4, 0.5) is 5.69 Å². The molecule has 0 aliphatic carbocycles. The van der Waals surface area contributed by atoms with E-state index in [0.29, 0.717) is 0 Å². The molecule has 1 amide bonds. The van der Waals surface area contributed by atoms with Crippen molar-refractivity contribution in [3.8, 4) is 0 Å². The minimum atomic E-state index is -0.0358. The van der Waals surface area contributed by atoms with Gasteiger partial charge < -0.3 is 5.32 Å². The van der Waals surface area contributed by atoms with Crippen molar-refractivity contribution in [2.24, 2.45) is 0 Å². The number of thiophene rings is 1. The zero-order valence-corrected chi connectivity index (χ0v) is 11.0. The van der Waals surface area contributed by atoms with Gasteiger partial charge in [-0.05, 0) is 56.2 Å². The van der Waals surface area contributed by atoms with Crippen molar-refractivity contribution >= 4 is 22.9 Å². The number of aryl methyl sites for hydroxylation is 3. The van der Waals surface area contributed by atoms with Crippen LogP contribution in [0.5, 0.6) is 0 Å². The van der Waals surface area contributed by atoms with Crippen molar-refractivity contribution in [3.63, 3.8) is 0 Å². The van der Waals surface area contributed by atoms with Gasteiger partial charge >= 0.3 is 0 Å². The molecule has 88 valence electrons. The normalized spacial score (nSPS) is 10.3. The maximum atomic E-state index is 11.9. The molecule has 0 aliphatic heterocycles. The third-order valence-electron chi connectivity index (χ3n) is 2.73. The van der Waals surface area contributed by atoms with Crippen molar-refractivity contribution in [2.75, 3.05) is 5.32 Å². The summed E-state index contributed by atoms with van der Waals surface area (Å²) in [5.41, 5.74) is 3.27. The van der Waals surface area contributed by atoms with Crippen LogP contribution in [0.2, 0.25) is 0 Å². The third-order valence-corrected chi connectivity index (χ3v) is 3.73. The molecule has 0 fully saturated rings. The zero-order chi connectivity index (χ0) is 12.4. The Morgan fingerprint density at radius 3 is 2.41 bits per heavy atom. The Kier molecular flexibility index (Phi) is 3.29. The minimum absolute atomic E-state index is 0.0358. The summed E-state index contributed by atoms with van der Waals surface area (Å²) in [6.07, 6.45) is 0. The van der Waals surface area contributed by atoms with Crippen molar-refractivity contribution in [2.45, 2.75) is 20.8 Å². The van der Waals surface area contributed by atoms with Crippen LogP contribution in [0.25, 0.3) is 0 Å². The summed E-state index contributed by atoms with van der Waals surface area (Å²) >= 11 is 1.51. The van der Waals surface area contributed by atoms with Crippen molar-refractivity contribution in [3.05, 3.63) is 51.2 Å². The average molecular weight is 245 g/mol. The van der Waals surface area contributed by atoms with E-state index in [1.165, 1.54) is 22.5 Å². The number of hydrogen-bond donors (Lipinski definition) is 1. The predicted molar refractivity (Wildman–Crippen MR) is 72.9 cm³/mol. The van der Waals surface area contributed by atoms with E-state index in [9.17, 15) is 4.79 Å². The molecule has 1 heterocycles. The Morgan fingerprint density at radius 2 is 1.82 bits per heavy atom. The highest BCUT2D eigenvalue weighted by molar-refractivity contribution is 7.14. The van der Waals surface area contributed by atoms with Crippen LogP contribution in [0, 0.1) is 20.8 Å². The number of carbonyl (C=O) groups excluding carboxylic acids is 1. The second kappa shape index (κ2) is 4.72. The van der Waals surface area contributed by atoms with E-state index in [0.717, 1.165) is 15.4 Å². The highest BCUT2D eigenvalue weighted by atomic mass is 32.1. The number of carbonyl (C=O) groups is 1. The smallest absolute Gasteiger partial charge is 0.265 e. The standard InChI is InChI=1S/C14H15NOS/c1-9-4-6-12(8-10(9)2)15-14(16)13-7-5-11(3)17-13/h4-8H,1-3H3,(H,15,16). The second-order valence-corrected chi connectivity index (χ2v) is 5.45. The lowest BCUT2D eigenvalue weighted by Crippen LogP contribution is -2.10. The van der Waals surface area contributed by atoms with Crippen molar-refractivity contribution < 1.29 is 4.79 Å². The summed E-state index contributed by atoms with van der Waals surface area (Å²) in [4.78, 5) is 13.8. The van der Waals surface area contributed by atoms with Crippen LogP contribution in [0.15, 0.2) is 30.3 Å². The quantitative estimate of drug-likeness (QED) is 0.853. The predicted octanol–water partition coefficient (Wildman–Crippen LogP) is 3.93. The summed E-state index contributed by atoms with van der Waals surface area (Å²) in [5, 5.41) is 2.91. The zero-order valence-electron chi connectivity index (χ0n) is 10.2. The molecule has 0 unspecified atom stereocenters. The Labute approximate surface area is 105 Å². The van der Waals surface area contributed by atoms with E-state index >= 15 is 0 Å². The van der Waals surface area contributed by atoms with E-state index in [1.807, 2.05) is 44.2 Å². The molecular weight excluding hydrogens is 230 g/mol. The maximum Gasteiger partial charge on any atom is 0.265 e. The first kappa shape index (κ1) is 11.9. The number of benzene rings is 1. The first-order chi connectivity index (χ1) is 8.06. The summed E-state index contributed by atoms with van der Waals surface area (Å²) in [6.45, 7) is 6.10. The van der Waals surface area contributed by atoms with Crippen LogP contribution in [0.1, 0.15) is 25.7 Å². The van der Waals surface area contributed by atoms with Gasteiger partial charge in [0.25, 0.3) is 5.91 Å². The minimum Gasteiger partial charge on any atom is -0.321 e. The molecule has 0 radical (unpaired) electrons. The van der Waals surface area contributed by atoms with Gasteiger partial charge in [0.15, 0.2) is 0 Å². The molecule has 0 bridgehead atoms. The van der Waals surface area contributed by atoms with E-state index in [1.54, 1.807) is 0 Å². The Balaban J connectivity index is 2.15. The average Bonchev–Trinajstić information content (AvgIpc) is 2.70. The van der Waals surface area contributed by atoms with Crippen LogP contribution >= 0.6 is 11.3 Å². The Bertz CT molecular complexity index is 557. The number of anilines is 1. The summed E-state index contributed by atoms with van der Waals surface area (Å²) in [5.74, 6) is -0.0358. The topological polar surface area (TPSA) is 29.1 Å². The summed E-state index contributed by atoms with van der Waals surface area (Å²) in [7, 11) is 0. The third kappa shape index (κ3) is 2.74. The van der Waals surface area contributed by atoms with Crippen molar-refractivity contribution in [1.82, 2.24) is 0 Å². The van der Waals surface area contributed by atoms with Crippen molar-refractivity contribution in [1.29, 1.82) is 0 Å². The molecule has 0 aliphatic rings. The molecule has 0 saturated carbocycles. The van der Waals surface area contributed by atoms with Gasteiger partial charge in [0.1, 0.15) is 0 Å². The number of amides is 1. The first-order valence-electron chi connectivity index (χ1n) is 5.51. The van der Waals surface area contributed by atoms with Gasteiger partial charge in [0.2, 0.25) is 0 Å². The molecule has 0 spiro atoms. The fraction of sp³-hybridized carbons (Fsp3) is 0.214. The molecular formula is C14H15NOS. The Hall–Kier alpha value is -1.61. The van der Waals surface area contributed by atoms with Gasteiger partial charge in [0.05, 0.1) is 4.88 Å². The van der Waals surface area contributed by atoms with E-state index < -0.39 is 0 Å². The van der Waals surface area contributed by atoms with Crippen LogP contribution in [0.3, 0.4) is 0 Å². The maximum absolute atomic E-state index is 11.9. The van der Waals surface area contributed by atoms with E-state index in [-0.39, 0.29) is 5.91 Å².